The first-order valence-electron chi connectivity index (χ1n) is 6.59. The molecule has 96 valence electrons. The average Bonchev–Trinajstić information content (AvgIpc) is 2.45. The summed E-state index contributed by atoms with van der Waals surface area (Å²) in [5.41, 5.74) is 0.511. The summed E-state index contributed by atoms with van der Waals surface area (Å²) >= 11 is 0. The van der Waals surface area contributed by atoms with Crippen molar-refractivity contribution in [2.45, 2.75) is 25.7 Å². The number of aromatic nitrogens is 1. The van der Waals surface area contributed by atoms with Gasteiger partial charge in [-0.15, -0.1) is 0 Å². The Morgan fingerprint density at radius 2 is 2.50 bits per heavy atom. The molecule has 0 radical (unpaired) electrons. The van der Waals surface area contributed by atoms with Gasteiger partial charge in [0.15, 0.2) is 0 Å². The van der Waals surface area contributed by atoms with Crippen LogP contribution < -0.4 is 10.1 Å². The van der Waals surface area contributed by atoms with E-state index in [1.165, 1.54) is 19.3 Å². The van der Waals surface area contributed by atoms with Gasteiger partial charge in [-0.1, -0.05) is 0 Å². The third-order valence-electron chi connectivity index (χ3n) is 3.29. The van der Waals surface area contributed by atoms with Crippen LogP contribution in [0.25, 0.3) is 0 Å². The van der Waals surface area contributed by atoms with Crippen LogP contribution >= 0.6 is 0 Å². The summed E-state index contributed by atoms with van der Waals surface area (Å²) < 4.78 is 5.57. The number of piperidine rings is 1. The Morgan fingerprint density at radius 3 is 3.28 bits per heavy atom. The van der Waals surface area contributed by atoms with Crippen LogP contribution in [0, 0.1) is 17.2 Å². The molecule has 0 amide bonds. The predicted molar refractivity (Wildman–Crippen MR) is 69.3 cm³/mol. The van der Waals surface area contributed by atoms with E-state index in [-0.39, 0.29) is 0 Å². The first-order chi connectivity index (χ1) is 8.90. The van der Waals surface area contributed by atoms with Crippen LogP contribution in [0.15, 0.2) is 18.3 Å². The van der Waals surface area contributed by atoms with Crippen molar-refractivity contribution in [2.24, 2.45) is 5.92 Å². The zero-order chi connectivity index (χ0) is 12.6. The lowest BCUT2D eigenvalue weighted by Gasteiger charge is -2.22. The van der Waals surface area contributed by atoms with Gasteiger partial charge >= 0.3 is 0 Å². The van der Waals surface area contributed by atoms with Gasteiger partial charge in [0.2, 0.25) is 5.88 Å². The maximum absolute atomic E-state index is 8.90. The van der Waals surface area contributed by atoms with Crippen molar-refractivity contribution in [3.63, 3.8) is 0 Å². The van der Waals surface area contributed by atoms with Gasteiger partial charge in [0.1, 0.15) is 11.6 Å². The fraction of sp³-hybridized carbons (Fsp3) is 0.571. The van der Waals surface area contributed by atoms with Crippen molar-refractivity contribution in [3.8, 4) is 11.9 Å². The number of nitriles is 1. The van der Waals surface area contributed by atoms with Crippen LogP contribution in [-0.2, 0) is 0 Å². The second-order valence-electron chi connectivity index (χ2n) is 4.67. The lowest BCUT2D eigenvalue weighted by molar-refractivity contribution is 0.267. The number of nitrogens with one attached hydrogen (secondary N) is 1. The van der Waals surface area contributed by atoms with Crippen molar-refractivity contribution < 1.29 is 4.74 Å². The highest BCUT2D eigenvalue weighted by molar-refractivity contribution is 5.36. The van der Waals surface area contributed by atoms with E-state index in [0.717, 1.165) is 25.4 Å². The number of hydrogen-bond donors (Lipinski definition) is 1. The summed E-state index contributed by atoms with van der Waals surface area (Å²) in [6.45, 7) is 2.93. The standard InChI is InChI=1S/C14H19N3O/c15-10-13-6-2-8-17-14(13)18-9-3-5-12-4-1-7-16-11-12/h2,6,8,12,16H,1,3-5,7,9,11H2. The molecule has 4 heteroatoms. The molecule has 2 heterocycles. The number of nitrogens with zero attached hydrogens (tertiary/aromatic N) is 2. The highest BCUT2D eigenvalue weighted by Gasteiger charge is 2.12. The molecule has 0 bridgehead atoms. The van der Waals surface area contributed by atoms with Gasteiger partial charge < -0.3 is 10.1 Å². The molecule has 1 N–H and O–H groups in total. The minimum atomic E-state index is 0.460. The number of ether oxygens (including phenoxy) is 1. The van der Waals surface area contributed by atoms with Crippen LogP contribution in [0.4, 0.5) is 0 Å². The summed E-state index contributed by atoms with van der Waals surface area (Å²) in [7, 11) is 0. The van der Waals surface area contributed by atoms with E-state index in [1.807, 2.05) is 0 Å². The molecule has 18 heavy (non-hydrogen) atoms. The minimum absolute atomic E-state index is 0.460. The highest BCUT2D eigenvalue weighted by Crippen LogP contribution is 2.17. The number of pyridine rings is 1. The van der Waals surface area contributed by atoms with Crippen molar-refractivity contribution in [2.75, 3.05) is 19.7 Å². The van der Waals surface area contributed by atoms with Gasteiger partial charge in [-0.2, -0.15) is 5.26 Å². The zero-order valence-corrected chi connectivity index (χ0v) is 10.6. The molecule has 4 nitrogen and oxygen atoms in total. The largest absolute Gasteiger partial charge is 0.477 e. The van der Waals surface area contributed by atoms with Crippen molar-refractivity contribution in [1.82, 2.24) is 10.3 Å². The SMILES string of the molecule is N#Cc1cccnc1OCCCC1CCCNC1. The summed E-state index contributed by atoms with van der Waals surface area (Å²) in [5.74, 6) is 1.24. The smallest absolute Gasteiger partial charge is 0.231 e. The normalized spacial score (nSPS) is 19.2. The third-order valence-corrected chi connectivity index (χ3v) is 3.29. The molecule has 1 fully saturated rings. The quantitative estimate of drug-likeness (QED) is 0.807. The first kappa shape index (κ1) is 12.8. The van der Waals surface area contributed by atoms with Crippen molar-refractivity contribution in [3.05, 3.63) is 23.9 Å². The molecule has 0 saturated carbocycles. The molecule has 0 aliphatic carbocycles. The van der Waals surface area contributed by atoms with E-state index in [4.69, 9.17) is 10.00 Å². The van der Waals surface area contributed by atoms with Gasteiger partial charge in [-0.25, -0.2) is 4.98 Å². The maximum Gasteiger partial charge on any atom is 0.231 e. The Labute approximate surface area is 108 Å². The van der Waals surface area contributed by atoms with Crippen LogP contribution in [0.3, 0.4) is 0 Å². The Morgan fingerprint density at radius 1 is 1.56 bits per heavy atom. The van der Waals surface area contributed by atoms with Gasteiger partial charge in [0, 0.05) is 6.20 Å². The summed E-state index contributed by atoms with van der Waals surface area (Å²) in [6.07, 6.45) is 6.46. The molecule has 1 unspecified atom stereocenters. The molecule has 1 aromatic rings. The topological polar surface area (TPSA) is 57.9 Å². The van der Waals surface area contributed by atoms with Gasteiger partial charge in [0.05, 0.1) is 6.61 Å². The fourth-order valence-corrected chi connectivity index (χ4v) is 2.30. The molecule has 0 aromatic carbocycles. The van der Waals surface area contributed by atoms with Crippen molar-refractivity contribution in [1.29, 1.82) is 5.26 Å². The monoisotopic (exact) mass is 245 g/mol. The van der Waals surface area contributed by atoms with Crippen LogP contribution in [-0.4, -0.2) is 24.7 Å². The first-order valence-corrected chi connectivity index (χ1v) is 6.59. The molecule has 1 saturated heterocycles. The third kappa shape index (κ3) is 3.71. The van der Waals surface area contributed by atoms with Crippen LogP contribution in [0.1, 0.15) is 31.2 Å². The minimum Gasteiger partial charge on any atom is -0.477 e. The molecular formula is C14H19N3O. The van der Waals surface area contributed by atoms with Crippen molar-refractivity contribution >= 4 is 0 Å². The van der Waals surface area contributed by atoms with Gasteiger partial charge in [-0.3, -0.25) is 0 Å². The summed E-state index contributed by atoms with van der Waals surface area (Å²) in [6, 6.07) is 5.57. The Balaban J connectivity index is 1.70. The number of hydrogen-bond acceptors (Lipinski definition) is 4. The van der Waals surface area contributed by atoms with E-state index < -0.39 is 0 Å². The predicted octanol–water partition coefficient (Wildman–Crippen LogP) is 2.11. The lowest BCUT2D eigenvalue weighted by atomic mass is 9.95. The highest BCUT2D eigenvalue weighted by atomic mass is 16.5. The Bertz CT molecular complexity index is 408. The second-order valence-corrected chi connectivity index (χ2v) is 4.67. The Kier molecular flexibility index (Phi) is 4.98. The van der Waals surface area contributed by atoms with Gasteiger partial charge in [-0.05, 0) is 56.8 Å². The fourth-order valence-electron chi connectivity index (χ4n) is 2.30. The number of rotatable bonds is 5. The molecule has 1 atom stereocenters. The molecule has 1 aromatic heterocycles. The van der Waals surface area contributed by atoms with E-state index in [2.05, 4.69) is 16.4 Å². The summed E-state index contributed by atoms with van der Waals surface area (Å²) in [5, 5.41) is 12.3. The van der Waals surface area contributed by atoms with Crippen LogP contribution in [0.5, 0.6) is 5.88 Å². The molecule has 0 spiro atoms. The molecular weight excluding hydrogens is 226 g/mol. The van der Waals surface area contributed by atoms with E-state index >= 15 is 0 Å². The van der Waals surface area contributed by atoms with E-state index in [9.17, 15) is 0 Å². The maximum atomic E-state index is 8.90. The molecule has 2 rings (SSSR count). The average molecular weight is 245 g/mol. The Hall–Kier alpha value is -1.60. The molecule has 1 aliphatic heterocycles. The molecule has 1 aliphatic rings. The van der Waals surface area contributed by atoms with E-state index in [1.54, 1.807) is 18.3 Å². The zero-order valence-electron chi connectivity index (χ0n) is 10.6. The van der Waals surface area contributed by atoms with Gasteiger partial charge in [0.25, 0.3) is 0 Å². The van der Waals surface area contributed by atoms with E-state index in [0.29, 0.717) is 18.1 Å². The second kappa shape index (κ2) is 6.97. The summed E-state index contributed by atoms with van der Waals surface area (Å²) in [4.78, 5) is 4.08. The lowest BCUT2D eigenvalue weighted by Crippen LogP contribution is -2.29. The van der Waals surface area contributed by atoms with Crippen LogP contribution in [0.2, 0.25) is 0 Å².